The largest absolute Gasteiger partial charge is 0.441 e. The number of hydrogen-bond donors (Lipinski definition) is 1. The summed E-state index contributed by atoms with van der Waals surface area (Å²) >= 11 is 0. The van der Waals surface area contributed by atoms with Crippen molar-refractivity contribution in [3.63, 3.8) is 0 Å². The summed E-state index contributed by atoms with van der Waals surface area (Å²) in [4.78, 5) is 21.3. The lowest BCUT2D eigenvalue weighted by Crippen LogP contribution is -2.15. The first-order chi connectivity index (χ1) is 14.2. The second kappa shape index (κ2) is 8.73. The zero-order valence-electron chi connectivity index (χ0n) is 16.5. The first kappa shape index (κ1) is 18.9. The van der Waals surface area contributed by atoms with Crippen LogP contribution in [0.1, 0.15) is 32.1 Å². The highest BCUT2D eigenvalue weighted by molar-refractivity contribution is 5.91. The van der Waals surface area contributed by atoms with Crippen LogP contribution in [-0.4, -0.2) is 20.4 Å². The molecule has 0 atom stereocenters. The average molecular weight is 388 g/mol. The fraction of sp³-hybridized carbons (Fsp3) is 0.261. The molecule has 2 aromatic carbocycles. The van der Waals surface area contributed by atoms with Crippen LogP contribution in [0.4, 0.5) is 5.95 Å². The minimum Gasteiger partial charge on any atom is -0.441 e. The number of anilines is 1. The lowest BCUT2D eigenvalue weighted by Gasteiger charge is -2.08. The normalized spacial score (nSPS) is 11.1. The van der Waals surface area contributed by atoms with E-state index >= 15 is 0 Å². The van der Waals surface area contributed by atoms with Crippen molar-refractivity contribution in [2.24, 2.45) is 0 Å². The molecule has 0 saturated carbocycles. The number of amides is 1. The Morgan fingerprint density at radius 3 is 2.72 bits per heavy atom. The molecule has 0 fully saturated rings. The molecule has 1 N–H and O–H groups in total. The van der Waals surface area contributed by atoms with E-state index in [-0.39, 0.29) is 5.91 Å². The Morgan fingerprint density at radius 2 is 1.90 bits per heavy atom. The number of carbonyl (C=O) groups is 1. The van der Waals surface area contributed by atoms with E-state index in [1.807, 2.05) is 54.6 Å². The third kappa shape index (κ3) is 4.37. The molecule has 6 nitrogen and oxygen atoms in total. The molecular formula is C23H24N4O2. The Hall–Kier alpha value is -3.41. The summed E-state index contributed by atoms with van der Waals surface area (Å²) in [7, 11) is 0. The van der Waals surface area contributed by atoms with Crippen LogP contribution in [0, 0.1) is 0 Å². The summed E-state index contributed by atoms with van der Waals surface area (Å²) in [6.45, 7) is 2.93. The Bertz CT molecular complexity index is 1100. The van der Waals surface area contributed by atoms with E-state index in [1.54, 1.807) is 6.20 Å². The van der Waals surface area contributed by atoms with Gasteiger partial charge in [0.05, 0.1) is 17.2 Å². The van der Waals surface area contributed by atoms with Gasteiger partial charge >= 0.3 is 0 Å². The van der Waals surface area contributed by atoms with Gasteiger partial charge in [0.15, 0.2) is 11.7 Å². The molecule has 0 unspecified atom stereocenters. The van der Waals surface area contributed by atoms with Gasteiger partial charge in [-0.3, -0.25) is 10.1 Å². The van der Waals surface area contributed by atoms with Gasteiger partial charge < -0.3 is 8.98 Å². The fourth-order valence-corrected chi connectivity index (χ4v) is 3.37. The Balaban J connectivity index is 1.35. The van der Waals surface area contributed by atoms with Crippen LogP contribution in [-0.2, 0) is 17.8 Å². The number of aryl methyl sites for hydroxylation is 2. The van der Waals surface area contributed by atoms with Crippen molar-refractivity contribution < 1.29 is 9.21 Å². The second-order valence-electron chi connectivity index (χ2n) is 6.96. The lowest BCUT2D eigenvalue weighted by molar-refractivity contribution is -0.116. The quantitative estimate of drug-likeness (QED) is 0.458. The summed E-state index contributed by atoms with van der Waals surface area (Å²) in [5, 5.41) is 2.96. The number of oxazole rings is 1. The molecule has 2 heterocycles. The van der Waals surface area contributed by atoms with E-state index in [2.05, 4.69) is 26.8 Å². The number of carbonyl (C=O) groups excluding carboxylic acids is 1. The minimum absolute atomic E-state index is 0.0486. The van der Waals surface area contributed by atoms with Gasteiger partial charge in [0.2, 0.25) is 11.9 Å². The van der Waals surface area contributed by atoms with Gasteiger partial charge in [0.25, 0.3) is 0 Å². The molecule has 148 valence electrons. The summed E-state index contributed by atoms with van der Waals surface area (Å²) in [6.07, 6.45) is 4.37. The van der Waals surface area contributed by atoms with E-state index in [0.717, 1.165) is 35.3 Å². The highest BCUT2D eigenvalue weighted by atomic mass is 16.4. The molecule has 0 aliphatic heterocycles. The van der Waals surface area contributed by atoms with Crippen molar-refractivity contribution in [2.45, 2.75) is 39.2 Å². The molecule has 0 saturated heterocycles. The number of fused-ring (bicyclic) bond motifs is 1. The number of imidazole rings is 1. The molecule has 0 aliphatic rings. The highest BCUT2D eigenvalue weighted by Gasteiger charge is 2.13. The summed E-state index contributed by atoms with van der Waals surface area (Å²) < 4.78 is 7.86. The van der Waals surface area contributed by atoms with E-state index < -0.39 is 0 Å². The fourth-order valence-electron chi connectivity index (χ4n) is 3.37. The van der Waals surface area contributed by atoms with Crippen molar-refractivity contribution in [1.29, 1.82) is 0 Å². The van der Waals surface area contributed by atoms with Crippen molar-refractivity contribution in [1.82, 2.24) is 14.5 Å². The maximum Gasteiger partial charge on any atom is 0.226 e. The van der Waals surface area contributed by atoms with Crippen LogP contribution in [0.3, 0.4) is 0 Å². The first-order valence-electron chi connectivity index (χ1n) is 10.00. The van der Waals surface area contributed by atoms with Crippen LogP contribution < -0.4 is 5.32 Å². The average Bonchev–Trinajstić information content (AvgIpc) is 3.34. The third-order valence-electron chi connectivity index (χ3n) is 4.76. The van der Waals surface area contributed by atoms with Gasteiger partial charge in [0, 0.05) is 24.9 Å². The SMILES string of the molecule is CCCn1c(NC(=O)CCCc2ncc(-c3ccccc3)o2)nc2ccccc21. The van der Waals surface area contributed by atoms with Crippen molar-refractivity contribution >= 4 is 22.9 Å². The van der Waals surface area contributed by atoms with Crippen LogP contribution in [0.2, 0.25) is 0 Å². The molecule has 2 aromatic heterocycles. The van der Waals surface area contributed by atoms with Crippen molar-refractivity contribution in [3.05, 3.63) is 66.7 Å². The Kier molecular flexibility index (Phi) is 5.70. The highest BCUT2D eigenvalue weighted by Crippen LogP contribution is 2.22. The standard InChI is InChI=1S/C23H24N4O2/c1-2-15-27-19-12-7-6-11-18(19)25-23(27)26-21(28)13-8-14-22-24-16-20(29-22)17-9-4-3-5-10-17/h3-7,9-12,16H,2,8,13-15H2,1H3,(H,25,26,28). The molecule has 1 amide bonds. The number of benzene rings is 2. The molecule has 6 heteroatoms. The monoisotopic (exact) mass is 388 g/mol. The van der Waals surface area contributed by atoms with Gasteiger partial charge in [-0.15, -0.1) is 0 Å². The van der Waals surface area contributed by atoms with Crippen molar-refractivity contribution in [2.75, 3.05) is 5.32 Å². The predicted molar refractivity (Wildman–Crippen MR) is 114 cm³/mol. The molecule has 4 aromatic rings. The van der Waals surface area contributed by atoms with Crippen LogP contribution in [0.15, 0.2) is 65.2 Å². The van der Waals surface area contributed by atoms with E-state index in [1.165, 1.54) is 0 Å². The van der Waals surface area contributed by atoms with E-state index in [9.17, 15) is 4.79 Å². The number of nitrogens with zero attached hydrogens (tertiary/aromatic N) is 3. The van der Waals surface area contributed by atoms with Gasteiger partial charge in [-0.05, 0) is 25.0 Å². The molecule has 29 heavy (non-hydrogen) atoms. The van der Waals surface area contributed by atoms with Crippen molar-refractivity contribution in [3.8, 4) is 11.3 Å². The number of rotatable bonds is 8. The van der Waals surface area contributed by atoms with E-state index in [0.29, 0.717) is 31.1 Å². The zero-order valence-corrected chi connectivity index (χ0v) is 16.5. The molecule has 0 bridgehead atoms. The van der Waals surface area contributed by atoms with Gasteiger partial charge in [-0.25, -0.2) is 9.97 Å². The smallest absolute Gasteiger partial charge is 0.226 e. The van der Waals surface area contributed by atoms with Gasteiger partial charge in [-0.2, -0.15) is 0 Å². The van der Waals surface area contributed by atoms with Crippen LogP contribution >= 0.6 is 0 Å². The molecule has 0 aliphatic carbocycles. The second-order valence-corrected chi connectivity index (χ2v) is 6.96. The lowest BCUT2D eigenvalue weighted by atomic mass is 10.2. The van der Waals surface area contributed by atoms with Crippen LogP contribution in [0.25, 0.3) is 22.4 Å². The molecule has 4 rings (SSSR count). The number of hydrogen-bond acceptors (Lipinski definition) is 4. The maximum absolute atomic E-state index is 12.4. The summed E-state index contributed by atoms with van der Waals surface area (Å²) in [6, 6.07) is 17.8. The minimum atomic E-state index is -0.0486. The van der Waals surface area contributed by atoms with E-state index in [4.69, 9.17) is 4.42 Å². The summed E-state index contributed by atoms with van der Waals surface area (Å²) in [5.41, 5.74) is 2.93. The topological polar surface area (TPSA) is 73.0 Å². The Morgan fingerprint density at radius 1 is 1.10 bits per heavy atom. The molecular weight excluding hydrogens is 364 g/mol. The Labute approximate surface area is 169 Å². The number of aromatic nitrogens is 3. The molecule has 0 radical (unpaired) electrons. The summed E-state index contributed by atoms with van der Waals surface area (Å²) in [5.74, 6) is 1.96. The number of nitrogens with one attached hydrogen (secondary N) is 1. The zero-order chi connectivity index (χ0) is 20.1. The first-order valence-corrected chi connectivity index (χ1v) is 10.00. The van der Waals surface area contributed by atoms with Gasteiger partial charge in [-0.1, -0.05) is 49.4 Å². The maximum atomic E-state index is 12.4. The predicted octanol–water partition coefficient (Wildman–Crippen LogP) is 5.06. The third-order valence-corrected chi connectivity index (χ3v) is 4.76. The van der Waals surface area contributed by atoms with Gasteiger partial charge in [0.1, 0.15) is 0 Å². The molecule has 0 spiro atoms. The number of para-hydroxylation sites is 2. The van der Waals surface area contributed by atoms with Crippen LogP contribution in [0.5, 0.6) is 0 Å².